The zero-order valence-electron chi connectivity index (χ0n) is 12.0. The number of nitrogens with one attached hydrogen (secondary N) is 2. The third-order valence-corrected chi connectivity index (χ3v) is 2.73. The Morgan fingerprint density at radius 3 is 2.75 bits per heavy atom. The number of hydrogen-bond donors (Lipinski definition) is 2. The zero-order valence-corrected chi connectivity index (χ0v) is 12.0. The molecule has 1 aromatic heterocycles. The van der Waals surface area contributed by atoms with E-state index in [4.69, 9.17) is 10.3 Å². The molecule has 0 radical (unpaired) electrons. The van der Waals surface area contributed by atoms with E-state index >= 15 is 0 Å². The number of nitrogens with zero attached hydrogens (tertiary/aromatic N) is 3. The van der Waals surface area contributed by atoms with Crippen molar-refractivity contribution in [2.75, 3.05) is 11.9 Å². The van der Waals surface area contributed by atoms with Gasteiger partial charge in [-0.05, 0) is 18.2 Å². The van der Waals surface area contributed by atoms with Gasteiger partial charge in [-0.2, -0.15) is 18.3 Å². The van der Waals surface area contributed by atoms with Crippen LogP contribution in [0.2, 0.25) is 0 Å². The number of benzene rings is 1. The van der Waals surface area contributed by atoms with Gasteiger partial charge in [-0.3, -0.25) is 4.98 Å². The summed E-state index contributed by atoms with van der Waals surface area (Å²) >= 11 is 0. The summed E-state index contributed by atoms with van der Waals surface area (Å²) in [5, 5.41) is 5.70. The number of halogens is 4. The fourth-order valence-electron chi connectivity index (χ4n) is 1.61. The molecule has 0 saturated carbocycles. The Labute approximate surface area is 133 Å². The summed E-state index contributed by atoms with van der Waals surface area (Å²) in [6, 6.07) is 2.45. The molecule has 0 atom stereocenters. The van der Waals surface area contributed by atoms with Crippen LogP contribution in [-0.4, -0.2) is 16.6 Å². The summed E-state index contributed by atoms with van der Waals surface area (Å²) in [5.74, 6) is -1.17. The first kappa shape index (κ1) is 17.3. The lowest BCUT2D eigenvalue weighted by molar-refractivity contribution is -0.139. The second kappa shape index (κ2) is 7.49. The van der Waals surface area contributed by atoms with E-state index in [1.54, 1.807) is 0 Å². The first-order chi connectivity index (χ1) is 11.4. The Hall–Kier alpha value is -3.04. The number of anilines is 1. The van der Waals surface area contributed by atoms with Crippen molar-refractivity contribution < 1.29 is 22.3 Å². The number of hydrogen-bond acceptors (Lipinski definition) is 6. The van der Waals surface area contributed by atoms with Crippen LogP contribution in [-0.2, 0) is 6.18 Å². The molecule has 0 unspecified atom stereocenters. The monoisotopic (exact) mass is 341 g/mol. The Balaban J connectivity index is 2.06. The van der Waals surface area contributed by atoms with Gasteiger partial charge in [0.1, 0.15) is 18.1 Å². The quantitative estimate of drug-likeness (QED) is 0.614. The van der Waals surface area contributed by atoms with E-state index in [0.717, 1.165) is 6.07 Å². The molecule has 0 aliphatic heterocycles. The van der Waals surface area contributed by atoms with E-state index in [0.29, 0.717) is 12.1 Å². The lowest BCUT2D eigenvalue weighted by Gasteiger charge is -2.10. The van der Waals surface area contributed by atoms with Crippen molar-refractivity contribution in [3.8, 4) is 5.88 Å². The summed E-state index contributed by atoms with van der Waals surface area (Å²) in [5.41, 5.74) is 5.71. The van der Waals surface area contributed by atoms with E-state index in [1.807, 2.05) is 0 Å². The zero-order chi connectivity index (χ0) is 17.6. The van der Waals surface area contributed by atoms with E-state index in [1.165, 1.54) is 24.8 Å². The molecule has 10 heteroatoms. The molecule has 2 N–H and O–H groups in total. The van der Waals surface area contributed by atoms with Crippen molar-refractivity contribution in [1.82, 2.24) is 9.97 Å². The number of alkyl halides is 3. The molecular formula is C14H11F4N5O. The SMILES string of the molecule is N=N/C(=C\Nc1ccc(F)c(C(F)(F)F)c1)COc1cnccn1. The van der Waals surface area contributed by atoms with Gasteiger partial charge in [0.25, 0.3) is 0 Å². The highest BCUT2D eigenvalue weighted by molar-refractivity contribution is 5.49. The molecule has 1 aromatic carbocycles. The minimum atomic E-state index is -4.80. The minimum Gasteiger partial charge on any atom is -0.470 e. The van der Waals surface area contributed by atoms with Crippen molar-refractivity contribution >= 4 is 5.69 Å². The highest BCUT2D eigenvalue weighted by Crippen LogP contribution is 2.33. The van der Waals surface area contributed by atoms with Crippen LogP contribution >= 0.6 is 0 Å². The Morgan fingerprint density at radius 2 is 2.12 bits per heavy atom. The first-order valence-corrected chi connectivity index (χ1v) is 6.49. The molecule has 0 aliphatic carbocycles. The molecule has 0 spiro atoms. The van der Waals surface area contributed by atoms with Crippen LogP contribution in [0.1, 0.15) is 5.56 Å². The normalized spacial score (nSPS) is 11.9. The first-order valence-electron chi connectivity index (χ1n) is 6.49. The Kier molecular flexibility index (Phi) is 5.40. The summed E-state index contributed by atoms with van der Waals surface area (Å²) in [4.78, 5) is 7.63. The molecule has 2 rings (SSSR count). The van der Waals surface area contributed by atoms with Crippen molar-refractivity contribution in [2.24, 2.45) is 5.11 Å². The van der Waals surface area contributed by atoms with Crippen LogP contribution in [0.5, 0.6) is 5.88 Å². The average Bonchev–Trinajstić information content (AvgIpc) is 2.56. The van der Waals surface area contributed by atoms with Crippen molar-refractivity contribution in [3.05, 3.63) is 60.1 Å². The van der Waals surface area contributed by atoms with Crippen LogP contribution < -0.4 is 10.1 Å². The van der Waals surface area contributed by atoms with E-state index in [9.17, 15) is 17.6 Å². The third kappa shape index (κ3) is 4.73. The predicted molar refractivity (Wildman–Crippen MR) is 75.8 cm³/mol. The average molecular weight is 341 g/mol. The molecule has 0 amide bonds. The smallest absolute Gasteiger partial charge is 0.419 e. The van der Waals surface area contributed by atoms with Crippen LogP contribution in [0.4, 0.5) is 23.2 Å². The summed E-state index contributed by atoms with van der Waals surface area (Å²) in [7, 11) is 0. The molecule has 126 valence electrons. The summed E-state index contributed by atoms with van der Waals surface area (Å²) in [6.07, 6.45) is 0.587. The molecule has 24 heavy (non-hydrogen) atoms. The van der Waals surface area contributed by atoms with Crippen molar-refractivity contribution in [1.29, 1.82) is 5.53 Å². The second-order valence-corrected chi connectivity index (χ2v) is 4.42. The van der Waals surface area contributed by atoms with Gasteiger partial charge in [0.2, 0.25) is 5.88 Å². The Bertz CT molecular complexity index is 734. The topological polar surface area (TPSA) is 83.2 Å². The second-order valence-electron chi connectivity index (χ2n) is 4.42. The van der Waals surface area contributed by atoms with Crippen molar-refractivity contribution in [2.45, 2.75) is 6.18 Å². The van der Waals surface area contributed by atoms with E-state index < -0.39 is 17.6 Å². The number of rotatable bonds is 6. The van der Waals surface area contributed by atoms with Gasteiger partial charge < -0.3 is 10.1 Å². The molecule has 0 saturated heterocycles. The highest BCUT2D eigenvalue weighted by atomic mass is 19.4. The van der Waals surface area contributed by atoms with Crippen molar-refractivity contribution in [3.63, 3.8) is 0 Å². The van der Waals surface area contributed by atoms with Crippen LogP contribution in [0, 0.1) is 11.3 Å². The Morgan fingerprint density at radius 1 is 1.33 bits per heavy atom. The predicted octanol–water partition coefficient (Wildman–Crippen LogP) is 4.00. The van der Waals surface area contributed by atoms with Gasteiger partial charge in [-0.15, -0.1) is 0 Å². The van der Waals surface area contributed by atoms with Gasteiger partial charge in [0.15, 0.2) is 0 Å². The fraction of sp³-hybridized carbons (Fsp3) is 0.143. The standard InChI is InChI=1S/C14H11F4N5O/c15-12-2-1-9(5-11(12)14(16,17)18)22-6-10(23-19)8-24-13-7-20-3-4-21-13/h1-7,19,22H,8H2/b10-6-,23-19?. The van der Waals surface area contributed by atoms with Crippen LogP contribution in [0.15, 0.2) is 53.8 Å². The largest absolute Gasteiger partial charge is 0.470 e. The summed E-state index contributed by atoms with van der Waals surface area (Å²) < 4.78 is 56.3. The van der Waals surface area contributed by atoms with E-state index in [2.05, 4.69) is 20.4 Å². The lowest BCUT2D eigenvalue weighted by Crippen LogP contribution is -2.09. The number of ether oxygens (including phenoxy) is 1. The maximum Gasteiger partial charge on any atom is 0.419 e. The maximum absolute atomic E-state index is 13.2. The maximum atomic E-state index is 13.2. The molecule has 0 aliphatic rings. The van der Waals surface area contributed by atoms with Gasteiger partial charge in [-0.1, -0.05) is 0 Å². The van der Waals surface area contributed by atoms with Gasteiger partial charge in [-0.25, -0.2) is 14.9 Å². The van der Waals surface area contributed by atoms with Gasteiger partial charge in [0.05, 0.1) is 11.8 Å². The molecule has 0 bridgehead atoms. The highest BCUT2D eigenvalue weighted by Gasteiger charge is 2.34. The fourth-order valence-corrected chi connectivity index (χ4v) is 1.61. The molecular weight excluding hydrogens is 330 g/mol. The molecule has 2 aromatic rings. The van der Waals surface area contributed by atoms with Gasteiger partial charge >= 0.3 is 6.18 Å². The summed E-state index contributed by atoms with van der Waals surface area (Å²) in [6.45, 7) is -0.150. The third-order valence-electron chi connectivity index (χ3n) is 2.73. The molecule has 0 fully saturated rings. The van der Waals surface area contributed by atoms with Crippen LogP contribution in [0.3, 0.4) is 0 Å². The van der Waals surface area contributed by atoms with E-state index in [-0.39, 0.29) is 23.9 Å². The molecule has 1 heterocycles. The van der Waals surface area contributed by atoms with Gasteiger partial charge in [0, 0.05) is 24.3 Å². The molecule has 6 nitrogen and oxygen atoms in total. The minimum absolute atomic E-state index is 0.00984. The lowest BCUT2D eigenvalue weighted by atomic mass is 10.2. The number of aromatic nitrogens is 2. The van der Waals surface area contributed by atoms with Crippen LogP contribution in [0.25, 0.3) is 0 Å².